The third-order valence-corrected chi connectivity index (χ3v) is 8.25. The molecular formula is C34H41ClN12O5. The molecule has 1 unspecified atom stereocenters. The molecule has 4 aromatic rings. The second-order valence-electron chi connectivity index (χ2n) is 12.4. The van der Waals surface area contributed by atoms with E-state index in [4.69, 9.17) is 11.6 Å². The van der Waals surface area contributed by atoms with Crippen molar-refractivity contribution in [1.29, 1.82) is 0 Å². The number of aromatic nitrogens is 4. The molecule has 0 bridgehead atoms. The number of hydrogen-bond donors (Lipinski definition) is 7. The van der Waals surface area contributed by atoms with Gasteiger partial charge in [0.05, 0.1) is 27.8 Å². The van der Waals surface area contributed by atoms with Crippen LogP contribution in [-0.2, 0) is 33.0 Å². The van der Waals surface area contributed by atoms with Crippen molar-refractivity contribution in [3.05, 3.63) is 83.4 Å². The Morgan fingerprint density at radius 2 is 1.13 bits per heavy atom. The zero-order chi connectivity index (χ0) is 37.7. The minimum atomic E-state index is -0.589. The van der Waals surface area contributed by atoms with Crippen LogP contribution < -0.4 is 37.2 Å². The number of aliphatic imine (C=N–C) groups is 1. The van der Waals surface area contributed by atoms with Gasteiger partial charge in [-0.3, -0.25) is 29.0 Å². The van der Waals surface area contributed by atoms with Gasteiger partial charge in [0.15, 0.2) is 5.96 Å². The fourth-order valence-electron chi connectivity index (χ4n) is 5.47. The van der Waals surface area contributed by atoms with Crippen molar-refractivity contribution >= 4 is 69.8 Å². The molecular weight excluding hydrogens is 692 g/mol. The number of anilines is 4. The van der Waals surface area contributed by atoms with E-state index in [1.165, 1.54) is 22.8 Å². The summed E-state index contributed by atoms with van der Waals surface area (Å²) in [4.78, 5) is 68.6. The van der Waals surface area contributed by atoms with E-state index in [1.807, 2.05) is 6.92 Å². The van der Waals surface area contributed by atoms with Crippen LogP contribution in [0.1, 0.15) is 55.3 Å². The van der Waals surface area contributed by atoms with Crippen molar-refractivity contribution < 1.29 is 24.0 Å². The number of hydrogen-bond acceptors (Lipinski definition) is 8. The number of carbonyl (C=O) groups is 5. The minimum absolute atomic E-state index is 0.0564. The second kappa shape index (κ2) is 15.8. The first-order valence-corrected chi connectivity index (χ1v) is 16.6. The standard InChI is InChI=1S/C34H41ClN12O5/c1-19(39-34-36-8-7-9-37-34)14-38-30(49)25-10-22(16-44(25)3)41-32(51)27-12-24(18-46(27)5)43-33(52)28-13-23(17-47(28)6)42-31(50)26-11-21(15-45(26)4)40-29(48)20(2)35/h10-13,15-19H,2,7-9,14H2,1,3-6H3,(H,38,49)(H,40,48)(H,41,51)(H,42,50)(H,43,52)(H2,36,37,39). The van der Waals surface area contributed by atoms with E-state index in [-0.39, 0.29) is 34.1 Å². The average Bonchev–Trinajstić information content (AvgIpc) is 3.85. The smallest absolute Gasteiger partial charge is 0.272 e. The molecule has 17 nitrogen and oxygen atoms in total. The fraction of sp³-hybridized carbons (Fsp3) is 0.294. The van der Waals surface area contributed by atoms with Gasteiger partial charge in [-0.2, -0.15) is 0 Å². The maximum absolute atomic E-state index is 13.2. The minimum Gasteiger partial charge on any atom is -0.356 e. The summed E-state index contributed by atoms with van der Waals surface area (Å²) in [6, 6.07) is 6.05. The van der Waals surface area contributed by atoms with E-state index in [2.05, 4.69) is 48.8 Å². The average molecular weight is 733 g/mol. The second-order valence-corrected chi connectivity index (χ2v) is 12.8. The molecule has 5 rings (SSSR count). The first-order chi connectivity index (χ1) is 24.7. The van der Waals surface area contributed by atoms with E-state index in [9.17, 15) is 24.0 Å². The Labute approximate surface area is 304 Å². The molecule has 4 aromatic heterocycles. The van der Waals surface area contributed by atoms with Crippen LogP contribution in [0.3, 0.4) is 0 Å². The van der Waals surface area contributed by atoms with Gasteiger partial charge >= 0.3 is 0 Å². The van der Waals surface area contributed by atoms with E-state index in [0.717, 1.165) is 25.5 Å². The van der Waals surface area contributed by atoms with Crippen LogP contribution in [0.2, 0.25) is 0 Å². The number of carbonyl (C=O) groups excluding carboxylic acids is 5. The van der Waals surface area contributed by atoms with Crippen LogP contribution in [0.4, 0.5) is 22.7 Å². The monoisotopic (exact) mass is 732 g/mol. The third kappa shape index (κ3) is 8.91. The molecule has 0 saturated heterocycles. The summed E-state index contributed by atoms with van der Waals surface area (Å²) in [6.45, 7) is 7.31. The lowest BCUT2D eigenvalue weighted by Gasteiger charge is -2.21. The quantitative estimate of drug-likeness (QED) is 0.109. The highest BCUT2D eigenvalue weighted by Crippen LogP contribution is 2.21. The Kier molecular flexibility index (Phi) is 11.2. The highest BCUT2D eigenvalue weighted by Gasteiger charge is 2.20. The summed E-state index contributed by atoms with van der Waals surface area (Å²) in [5, 5.41) is 20.0. The molecule has 0 radical (unpaired) electrons. The maximum Gasteiger partial charge on any atom is 0.272 e. The molecule has 0 saturated carbocycles. The third-order valence-electron chi connectivity index (χ3n) is 8.08. The van der Waals surface area contributed by atoms with Gasteiger partial charge in [-0.15, -0.1) is 0 Å². The molecule has 18 heteroatoms. The summed E-state index contributed by atoms with van der Waals surface area (Å²) in [6.07, 6.45) is 7.35. The number of nitrogens with one attached hydrogen (secondary N) is 7. The number of halogens is 1. The molecule has 5 heterocycles. The molecule has 7 N–H and O–H groups in total. The topological polar surface area (TPSA) is 202 Å². The first kappa shape index (κ1) is 37.0. The van der Waals surface area contributed by atoms with Gasteiger partial charge in [-0.1, -0.05) is 18.2 Å². The van der Waals surface area contributed by atoms with Crippen molar-refractivity contribution in [3.8, 4) is 0 Å². The number of guanidine groups is 1. The van der Waals surface area contributed by atoms with E-state index >= 15 is 0 Å². The van der Waals surface area contributed by atoms with Gasteiger partial charge in [-0.25, -0.2) is 0 Å². The summed E-state index contributed by atoms with van der Waals surface area (Å²) >= 11 is 5.63. The molecule has 0 fully saturated rings. The van der Waals surface area contributed by atoms with Crippen molar-refractivity contribution in [2.45, 2.75) is 19.4 Å². The number of amides is 5. The van der Waals surface area contributed by atoms with Gasteiger partial charge in [0.1, 0.15) is 22.8 Å². The highest BCUT2D eigenvalue weighted by atomic mass is 35.5. The summed E-state index contributed by atoms with van der Waals surface area (Å²) < 4.78 is 6.27. The molecule has 0 spiro atoms. The summed E-state index contributed by atoms with van der Waals surface area (Å²) in [7, 11) is 6.67. The number of aryl methyl sites for hydroxylation is 4. The molecule has 1 aliphatic heterocycles. The molecule has 274 valence electrons. The van der Waals surface area contributed by atoms with Gasteiger partial charge in [0.25, 0.3) is 29.5 Å². The van der Waals surface area contributed by atoms with Crippen LogP contribution in [0.15, 0.2) is 65.7 Å². The SMILES string of the molecule is C=C(Cl)C(=O)Nc1cc(C(=O)Nc2cc(C(=O)Nc3cc(C(=O)Nc4cc(C(=O)NCC(C)NC5=NCCCN5)n(C)c4)n(C)c3)n(C)c2)n(C)c1. The lowest BCUT2D eigenvalue weighted by atomic mass is 10.3. The van der Waals surface area contributed by atoms with E-state index in [0.29, 0.717) is 35.0 Å². The maximum atomic E-state index is 13.2. The van der Waals surface area contributed by atoms with Crippen molar-refractivity contribution in [1.82, 2.24) is 34.2 Å². The van der Waals surface area contributed by atoms with Crippen LogP contribution in [-0.4, -0.2) is 79.4 Å². The van der Waals surface area contributed by atoms with Crippen molar-refractivity contribution in [2.75, 3.05) is 40.9 Å². The van der Waals surface area contributed by atoms with Gasteiger partial charge in [0.2, 0.25) is 0 Å². The Balaban J connectivity index is 1.16. The first-order valence-electron chi connectivity index (χ1n) is 16.3. The molecule has 52 heavy (non-hydrogen) atoms. The van der Waals surface area contributed by atoms with Gasteiger partial charge < -0.3 is 55.5 Å². The Hall–Kier alpha value is -6.23. The lowest BCUT2D eigenvalue weighted by Crippen LogP contribution is -2.48. The fourth-order valence-corrected chi connectivity index (χ4v) is 5.52. The van der Waals surface area contributed by atoms with Crippen LogP contribution in [0.25, 0.3) is 0 Å². The lowest BCUT2D eigenvalue weighted by molar-refractivity contribution is -0.112. The zero-order valence-corrected chi connectivity index (χ0v) is 30.1. The predicted molar refractivity (Wildman–Crippen MR) is 199 cm³/mol. The van der Waals surface area contributed by atoms with Gasteiger partial charge in [-0.05, 0) is 37.6 Å². The highest BCUT2D eigenvalue weighted by molar-refractivity contribution is 6.43. The largest absolute Gasteiger partial charge is 0.356 e. The Morgan fingerprint density at radius 1 is 0.731 bits per heavy atom. The van der Waals surface area contributed by atoms with E-state index < -0.39 is 23.6 Å². The molecule has 1 aliphatic rings. The normalized spacial score (nSPS) is 12.9. The van der Waals surface area contributed by atoms with Crippen LogP contribution in [0, 0.1) is 0 Å². The number of rotatable bonds is 12. The van der Waals surface area contributed by atoms with Crippen LogP contribution in [0.5, 0.6) is 0 Å². The Morgan fingerprint density at radius 3 is 1.52 bits per heavy atom. The zero-order valence-electron chi connectivity index (χ0n) is 29.4. The predicted octanol–water partition coefficient (Wildman–Crippen LogP) is 2.55. The summed E-state index contributed by atoms with van der Waals surface area (Å²) in [5.41, 5.74) is 2.63. The number of nitrogens with zero attached hydrogens (tertiary/aromatic N) is 5. The summed E-state index contributed by atoms with van der Waals surface area (Å²) in [5.74, 6) is -1.55. The van der Waals surface area contributed by atoms with E-state index in [1.54, 1.807) is 72.7 Å². The van der Waals surface area contributed by atoms with Gasteiger partial charge in [0, 0.05) is 78.7 Å². The Bertz CT molecular complexity index is 2080. The van der Waals surface area contributed by atoms with Crippen molar-refractivity contribution in [2.24, 2.45) is 33.2 Å². The molecule has 0 aliphatic carbocycles. The molecule has 1 atom stereocenters. The van der Waals surface area contributed by atoms with Crippen LogP contribution >= 0.6 is 11.6 Å². The molecule has 0 aromatic carbocycles. The molecule has 5 amide bonds. The van der Waals surface area contributed by atoms with Crippen molar-refractivity contribution in [3.63, 3.8) is 0 Å².